The van der Waals surface area contributed by atoms with Crippen LogP contribution in [0, 0.1) is 0 Å². The van der Waals surface area contributed by atoms with Crippen molar-refractivity contribution in [3.05, 3.63) is 71.3 Å². The number of hydrogen-bond donors (Lipinski definition) is 3. The van der Waals surface area contributed by atoms with E-state index in [4.69, 9.17) is 9.84 Å². The van der Waals surface area contributed by atoms with Gasteiger partial charge in [0.1, 0.15) is 12.0 Å². The molecule has 170 valence electrons. The number of carbonyl (C=O) groups is 3. The molecule has 1 aliphatic heterocycles. The Morgan fingerprint density at radius 2 is 1.84 bits per heavy atom. The fraction of sp³-hybridized carbons (Fsp3) is 0.400. The average Bonchev–Trinajstić information content (AvgIpc) is 2.80. The summed E-state index contributed by atoms with van der Waals surface area (Å²) in [6, 6.07) is 16.5. The van der Waals surface area contributed by atoms with Crippen molar-refractivity contribution in [1.82, 2.24) is 10.6 Å². The third kappa shape index (κ3) is 6.02. The first-order valence-corrected chi connectivity index (χ1v) is 10.9. The van der Waals surface area contributed by atoms with Gasteiger partial charge in [0.05, 0.1) is 18.5 Å². The minimum absolute atomic E-state index is 0.445. The van der Waals surface area contributed by atoms with E-state index >= 15 is 0 Å². The van der Waals surface area contributed by atoms with Crippen LogP contribution in [0.15, 0.2) is 54.6 Å². The molecule has 0 spiro atoms. The van der Waals surface area contributed by atoms with Gasteiger partial charge in [0.2, 0.25) is 5.91 Å². The molecule has 3 atom stereocenters. The summed E-state index contributed by atoms with van der Waals surface area (Å²) in [6.45, 7) is 2.26. The Morgan fingerprint density at radius 3 is 2.50 bits per heavy atom. The van der Waals surface area contributed by atoms with Gasteiger partial charge in [0.15, 0.2) is 0 Å². The standard InChI is InChI=1S/C25H30N2O5/c1-18(24(31)26-21(17-28)16-23(29)30)27-25(13-7-8-14-32-25)22-12-6-5-11-20(22)15-19-9-3-2-4-10-19/h2-6,9-12,17-18,21,27H,7-8,13-16H2,1H3,(H,26,31)(H,29,30)/t18-,21-,25?/m0/s1. The summed E-state index contributed by atoms with van der Waals surface area (Å²) in [7, 11) is 0. The van der Waals surface area contributed by atoms with Crippen LogP contribution in [-0.4, -0.2) is 42.0 Å². The lowest BCUT2D eigenvalue weighted by Crippen LogP contribution is -2.56. The Hall–Kier alpha value is -3.03. The number of amides is 1. The number of carbonyl (C=O) groups excluding carboxylic acids is 2. The van der Waals surface area contributed by atoms with Crippen LogP contribution in [0.1, 0.15) is 49.3 Å². The Morgan fingerprint density at radius 1 is 1.12 bits per heavy atom. The molecule has 3 N–H and O–H groups in total. The number of benzene rings is 2. The van der Waals surface area contributed by atoms with Crippen LogP contribution < -0.4 is 10.6 Å². The van der Waals surface area contributed by atoms with Gasteiger partial charge in [-0.1, -0.05) is 54.6 Å². The van der Waals surface area contributed by atoms with Crippen LogP contribution >= 0.6 is 0 Å². The highest BCUT2D eigenvalue weighted by atomic mass is 16.5. The molecule has 1 amide bonds. The van der Waals surface area contributed by atoms with Gasteiger partial charge in [-0.15, -0.1) is 0 Å². The SMILES string of the molecule is C[C@H](NC1(c2ccccc2Cc2ccccc2)CCCCO1)C(=O)N[C@H](C=O)CC(=O)O. The molecular weight excluding hydrogens is 408 g/mol. The van der Waals surface area contributed by atoms with Crippen molar-refractivity contribution < 1.29 is 24.2 Å². The summed E-state index contributed by atoms with van der Waals surface area (Å²) in [5.41, 5.74) is 2.43. The Bertz CT molecular complexity index is 925. The number of aldehydes is 1. The summed E-state index contributed by atoms with van der Waals surface area (Å²) >= 11 is 0. The van der Waals surface area contributed by atoms with Crippen LogP contribution in [-0.2, 0) is 31.3 Å². The molecule has 0 radical (unpaired) electrons. The van der Waals surface area contributed by atoms with Gasteiger partial charge < -0.3 is 20.0 Å². The molecule has 3 rings (SSSR count). The molecular formula is C25H30N2O5. The number of hydrogen-bond acceptors (Lipinski definition) is 5. The maximum Gasteiger partial charge on any atom is 0.305 e. The zero-order valence-electron chi connectivity index (χ0n) is 18.3. The maximum absolute atomic E-state index is 12.7. The minimum Gasteiger partial charge on any atom is -0.481 e. The summed E-state index contributed by atoms with van der Waals surface area (Å²) in [5, 5.41) is 14.8. The van der Waals surface area contributed by atoms with Crippen molar-refractivity contribution in [1.29, 1.82) is 0 Å². The van der Waals surface area contributed by atoms with E-state index in [1.165, 1.54) is 5.56 Å². The highest BCUT2D eigenvalue weighted by molar-refractivity contribution is 5.85. The second-order valence-electron chi connectivity index (χ2n) is 8.17. The van der Waals surface area contributed by atoms with Gasteiger partial charge in [-0.3, -0.25) is 14.9 Å². The zero-order chi connectivity index (χ0) is 23.0. The number of carboxylic acids is 1. The van der Waals surface area contributed by atoms with Crippen molar-refractivity contribution in [3.8, 4) is 0 Å². The normalized spacial score (nSPS) is 20.2. The van der Waals surface area contributed by atoms with Gasteiger partial charge >= 0.3 is 5.97 Å². The number of carboxylic acid groups (broad SMARTS) is 1. The molecule has 0 saturated carbocycles. The number of rotatable bonds is 10. The van der Waals surface area contributed by atoms with E-state index < -0.39 is 36.1 Å². The van der Waals surface area contributed by atoms with Crippen molar-refractivity contribution in [2.24, 2.45) is 0 Å². The fourth-order valence-electron chi connectivity index (χ4n) is 4.13. The van der Waals surface area contributed by atoms with Gasteiger partial charge in [0.25, 0.3) is 0 Å². The predicted octanol–water partition coefficient (Wildman–Crippen LogP) is 2.77. The number of nitrogens with one attached hydrogen (secondary N) is 2. The lowest BCUT2D eigenvalue weighted by molar-refractivity contribution is -0.140. The van der Waals surface area contributed by atoms with E-state index in [-0.39, 0.29) is 0 Å². The summed E-state index contributed by atoms with van der Waals surface area (Å²) in [4.78, 5) is 34.8. The van der Waals surface area contributed by atoms with Crippen LogP contribution in [0.3, 0.4) is 0 Å². The van der Waals surface area contributed by atoms with Crippen LogP contribution in [0.25, 0.3) is 0 Å². The largest absolute Gasteiger partial charge is 0.481 e. The molecule has 0 aromatic heterocycles. The van der Waals surface area contributed by atoms with E-state index in [2.05, 4.69) is 28.8 Å². The molecule has 1 fully saturated rings. The summed E-state index contributed by atoms with van der Waals surface area (Å²) < 4.78 is 6.29. The monoisotopic (exact) mass is 438 g/mol. The first-order valence-electron chi connectivity index (χ1n) is 10.9. The second-order valence-corrected chi connectivity index (χ2v) is 8.17. The molecule has 0 aliphatic carbocycles. The van der Waals surface area contributed by atoms with Crippen molar-refractivity contribution in [3.63, 3.8) is 0 Å². The molecule has 1 heterocycles. The summed E-state index contributed by atoms with van der Waals surface area (Å²) in [6.07, 6.45) is 3.30. The van der Waals surface area contributed by atoms with E-state index in [0.29, 0.717) is 19.3 Å². The average molecular weight is 439 g/mol. The molecule has 1 unspecified atom stereocenters. The topological polar surface area (TPSA) is 105 Å². The minimum atomic E-state index is -1.15. The van der Waals surface area contributed by atoms with E-state index in [9.17, 15) is 14.4 Å². The highest BCUT2D eigenvalue weighted by Crippen LogP contribution is 2.36. The van der Waals surface area contributed by atoms with Gasteiger partial charge in [-0.25, -0.2) is 0 Å². The van der Waals surface area contributed by atoms with Crippen molar-refractivity contribution >= 4 is 18.2 Å². The first kappa shape index (κ1) is 23.6. The molecule has 2 aromatic rings. The summed E-state index contributed by atoms with van der Waals surface area (Å²) in [5.74, 6) is -1.60. The third-order valence-electron chi connectivity index (χ3n) is 5.69. The predicted molar refractivity (Wildman–Crippen MR) is 120 cm³/mol. The number of aliphatic carboxylic acids is 1. The second kappa shape index (κ2) is 11.0. The van der Waals surface area contributed by atoms with Gasteiger partial charge in [-0.2, -0.15) is 0 Å². The molecule has 0 bridgehead atoms. The van der Waals surface area contributed by atoms with E-state index in [1.807, 2.05) is 36.4 Å². The Labute approximate surface area is 188 Å². The Kier molecular flexibility index (Phi) is 8.14. The van der Waals surface area contributed by atoms with Crippen LogP contribution in [0.5, 0.6) is 0 Å². The van der Waals surface area contributed by atoms with Crippen LogP contribution in [0.2, 0.25) is 0 Å². The zero-order valence-corrected chi connectivity index (χ0v) is 18.3. The first-order chi connectivity index (χ1) is 15.4. The van der Waals surface area contributed by atoms with Crippen molar-refractivity contribution in [2.45, 2.75) is 56.8 Å². The molecule has 7 nitrogen and oxygen atoms in total. The molecule has 2 aromatic carbocycles. The van der Waals surface area contributed by atoms with Crippen molar-refractivity contribution in [2.75, 3.05) is 6.61 Å². The maximum atomic E-state index is 12.7. The smallest absolute Gasteiger partial charge is 0.305 e. The van der Waals surface area contributed by atoms with Gasteiger partial charge in [0, 0.05) is 12.2 Å². The van der Waals surface area contributed by atoms with E-state index in [1.54, 1.807) is 6.92 Å². The lowest BCUT2D eigenvalue weighted by Gasteiger charge is -2.41. The van der Waals surface area contributed by atoms with Gasteiger partial charge in [-0.05, 0) is 43.7 Å². The quantitative estimate of drug-likeness (QED) is 0.493. The Balaban J connectivity index is 1.84. The molecule has 1 aliphatic rings. The molecule has 32 heavy (non-hydrogen) atoms. The lowest BCUT2D eigenvalue weighted by atomic mass is 9.87. The third-order valence-corrected chi connectivity index (χ3v) is 5.69. The molecule has 7 heteroatoms. The molecule has 1 saturated heterocycles. The van der Waals surface area contributed by atoms with E-state index in [0.717, 1.165) is 30.4 Å². The highest BCUT2D eigenvalue weighted by Gasteiger charge is 2.39. The van der Waals surface area contributed by atoms with Crippen LogP contribution in [0.4, 0.5) is 0 Å². The fourth-order valence-corrected chi connectivity index (χ4v) is 4.13. The number of ether oxygens (including phenoxy) is 1.